The van der Waals surface area contributed by atoms with Crippen LogP contribution in [0.3, 0.4) is 0 Å². The van der Waals surface area contributed by atoms with Crippen molar-refractivity contribution in [2.45, 2.75) is 37.4 Å². The number of hydrogen-bond acceptors (Lipinski definition) is 4. The lowest BCUT2D eigenvalue weighted by atomic mass is 10.2. The third-order valence-electron chi connectivity index (χ3n) is 2.79. The van der Waals surface area contributed by atoms with Crippen LogP contribution in [0.2, 0.25) is 0 Å². The van der Waals surface area contributed by atoms with E-state index >= 15 is 0 Å². The Hall–Kier alpha value is -1.04. The van der Waals surface area contributed by atoms with E-state index in [-0.39, 0.29) is 23.0 Å². The fourth-order valence-electron chi connectivity index (χ4n) is 1.82. The topological polar surface area (TPSA) is 80.5 Å². The smallest absolute Gasteiger partial charge is 0.242 e. The van der Waals surface area contributed by atoms with Crippen molar-refractivity contribution < 1.29 is 14.4 Å². The quantitative estimate of drug-likeness (QED) is 0.533. The van der Waals surface area contributed by atoms with Gasteiger partial charge in [-0.3, -0.25) is 19.3 Å². The van der Waals surface area contributed by atoms with Crippen molar-refractivity contribution in [2.24, 2.45) is 5.73 Å². The molecule has 1 fully saturated rings. The molecular formula is C11H18N2O3S. The molecule has 17 heavy (non-hydrogen) atoms. The van der Waals surface area contributed by atoms with E-state index in [0.717, 1.165) is 19.3 Å². The van der Waals surface area contributed by atoms with E-state index in [9.17, 15) is 14.4 Å². The summed E-state index contributed by atoms with van der Waals surface area (Å²) in [6.07, 6.45) is 4.80. The number of primary amides is 1. The Morgan fingerprint density at radius 3 is 2.65 bits per heavy atom. The Kier molecular flexibility index (Phi) is 5.47. The number of amides is 3. The summed E-state index contributed by atoms with van der Waals surface area (Å²) in [6.45, 7) is 0.466. The average molecular weight is 258 g/mol. The number of unbranched alkanes of at least 4 members (excludes halogenated alkanes) is 2. The molecule has 3 amide bonds. The molecule has 1 aliphatic rings. The lowest BCUT2D eigenvalue weighted by molar-refractivity contribution is -0.138. The van der Waals surface area contributed by atoms with Gasteiger partial charge in [0.2, 0.25) is 17.7 Å². The van der Waals surface area contributed by atoms with E-state index in [0.29, 0.717) is 19.4 Å². The van der Waals surface area contributed by atoms with Crippen LogP contribution in [0.4, 0.5) is 0 Å². The molecule has 96 valence electrons. The largest absolute Gasteiger partial charge is 0.370 e. The maximum atomic E-state index is 11.7. The first kappa shape index (κ1) is 14.0. The van der Waals surface area contributed by atoms with Crippen molar-refractivity contribution in [3.8, 4) is 0 Å². The van der Waals surface area contributed by atoms with Crippen molar-refractivity contribution in [3.05, 3.63) is 0 Å². The third-order valence-corrected chi connectivity index (χ3v) is 3.73. The van der Waals surface area contributed by atoms with Crippen molar-refractivity contribution in [2.75, 3.05) is 12.8 Å². The molecule has 1 heterocycles. The van der Waals surface area contributed by atoms with Crippen LogP contribution in [0, 0.1) is 0 Å². The van der Waals surface area contributed by atoms with Crippen LogP contribution >= 0.6 is 11.8 Å². The van der Waals surface area contributed by atoms with E-state index in [1.54, 1.807) is 0 Å². The van der Waals surface area contributed by atoms with Crippen molar-refractivity contribution in [1.82, 2.24) is 4.90 Å². The Morgan fingerprint density at radius 2 is 2.12 bits per heavy atom. The minimum absolute atomic E-state index is 0.0719. The van der Waals surface area contributed by atoms with Crippen LogP contribution in [0.5, 0.6) is 0 Å². The maximum absolute atomic E-state index is 11.7. The molecule has 1 unspecified atom stereocenters. The molecule has 1 aliphatic heterocycles. The highest BCUT2D eigenvalue weighted by molar-refractivity contribution is 8.00. The predicted molar refractivity (Wildman–Crippen MR) is 66.3 cm³/mol. The van der Waals surface area contributed by atoms with Gasteiger partial charge in [0.05, 0.1) is 5.25 Å². The second-order valence-corrected chi connectivity index (χ2v) is 5.13. The average Bonchev–Trinajstić information content (AvgIpc) is 2.54. The van der Waals surface area contributed by atoms with Gasteiger partial charge in [-0.15, -0.1) is 0 Å². The van der Waals surface area contributed by atoms with Crippen molar-refractivity contribution in [1.29, 1.82) is 0 Å². The molecule has 0 aromatic heterocycles. The third kappa shape index (κ3) is 4.03. The van der Waals surface area contributed by atoms with Gasteiger partial charge in [0.1, 0.15) is 0 Å². The fourth-order valence-corrected chi connectivity index (χ4v) is 2.46. The number of imide groups is 1. The number of likely N-dealkylation sites (tertiary alicyclic amines) is 1. The maximum Gasteiger partial charge on any atom is 0.242 e. The van der Waals surface area contributed by atoms with E-state index in [1.807, 2.05) is 6.26 Å². The SMILES string of the molecule is CSC1CC(=O)N(CCCCCC(N)=O)C1=O. The first-order valence-corrected chi connectivity index (χ1v) is 7.00. The van der Waals surface area contributed by atoms with Crippen LogP contribution in [-0.2, 0) is 14.4 Å². The van der Waals surface area contributed by atoms with Gasteiger partial charge in [-0.1, -0.05) is 6.42 Å². The summed E-state index contributed by atoms with van der Waals surface area (Å²) in [5.41, 5.74) is 5.02. The van der Waals surface area contributed by atoms with E-state index in [1.165, 1.54) is 16.7 Å². The van der Waals surface area contributed by atoms with Gasteiger partial charge in [0, 0.05) is 19.4 Å². The molecule has 1 atom stereocenters. The first-order valence-electron chi connectivity index (χ1n) is 5.71. The molecule has 0 bridgehead atoms. The Balaban J connectivity index is 2.25. The lowest BCUT2D eigenvalue weighted by Crippen LogP contribution is -2.32. The van der Waals surface area contributed by atoms with Crippen molar-refractivity contribution >= 4 is 29.5 Å². The molecule has 0 saturated carbocycles. The number of nitrogens with two attached hydrogens (primary N) is 1. The summed E-state index contributed by atoms with van der Waals surface area (Å²) < 4.78 is 0. The zero-order chi connectivity index (χ0) is 12.8. The number of hydrogen-bond donors (Lipinski definition) is 1. The van der Waals surface area contributed by atoms with Crippen LogP contribution in [-0.4, -0.2) is 40.7 Å². The number of rotatable bonds is 7. The van der Waals surface area contributed by atoms with E-state index < -0.39 is 0 Å². The second kappa shape index (κ2) is 6.64. The molecule has 5 nitrogen and oxygen atoms in total. The summed E-state index contributed by atoms with van der Waals surface area (Å²) in [5.74, 6) is -0.456. The van der Waals surface area contributed by atoms with Gasteiger partial charge in [-0.25, -0.2) is 0 Å². The molecule has 6 heteroatoms. The molecule has 0 aliphatic carbocycles. The van der Waals surface area contributed by atoms with Gasteiger partial charge >= 0.3 is 0 Å². The number of carbonyl (C=O) groups is 3. The zero-order valence-corrected chi connectivity index (χ0v) is 10.8. The summed E-state index contributed by atoms with van der Waals surface area (Å²) >= 11 is 1.42. The molecule has 0 aromatic carbocycles. The Bertz CT molecular complexity index is 320. The summed E-state index contributed by atoms with van der Waals surface area (Å²) in [5, 5.41) is -0.201. The number of thioether (sulfide) groups is 1. The normalized spacial score (nSPS) is 20.1. The van der Waals surface area contributed by atoms with E-state index in [2.05, 4.69) is 0 Å². The van der Waals surface area contributed by atoms with Crippen LogP contribution in [0.25, 0.3) is 0 Å². The zero-order valence-electron chi connectivity index (χ0n) is 9.98. The summed E-state index contributed by atoms with van der Waals surface area (Å²) in [6, 6.07) is 0. The Morgan fingerprint density at radius 1 is 1.41 bits per heavy atom. The van der Waals surface area contributed by atoms with Gasteiger partial charge < -0.3 is 5.73 Å². The molecule has 0 spiro atoms. The van der Waals surface area contributed by atoms with Crippen LogP contribution in [0.15, 0.2) is 0 Å². The van der Waals surface area contributed by atoms with Crippen molar-refractivity contribution in [3.63, 3.8) is 0 Å². The lowest BCUT2D eigenvalue weighted by Gasteiger charge is -2.13. The van der Waals surface area contributed by atoms with Gasteiger partial charge in [0.25, 0.3) is 0 Å². The monoisotopic (exact) mass is 258 g/mol. The highest BCUT2D eigenvalue weighted by Crippen LogP contribution is 2.23. The summed E-state index contributed by atoms with van der Waals surface area (Å²) in [7, 11) is 0. The van der Waals surface area contributed by atoms with Crippen LogP contribution < -0.4 is 5.73 Å². The molecule has 1 rings (SSSR count). The highest BCUT2D eigenvalue weighted by Gasteiger charge is 2.37. The van der Waals surface area contributed by atoms with E-state index in [4.69, 9.17) is 5.73 Å². The minimum Gasteiger partial charge on any atom is -0.370 e. The fraction of sp³-hybridized carbons (Fsp3) is 0.727. The molecule has 0 aromatic rings. The predicted octanol–water partition coefficient (Wildman–Crippen LogP) is 0.523. The highest BCUT2D eigenvalue weighted by atomic mass is 32.2. The summed E-state index contributed by atoms with van der Waals surface area (Å²) in [4.78, 5) is 35.1. The number of nitrogens with zero attached hydrogens (tertiary/aromatic N) is 1. The molecule has 0 radical (unpaired) electrons. The van der Waals surface area contributed by atoms with Gasteiger partial charge in [-0.05, 0) is 19.1 Å². The number of carbonyl (C=O) groups excluding carboxylic acids is 3. The molecule has 2 N–H and O–H groups in total. The van der Waals surface area contributed by atoms with Gasteiger partial charge in [-0.2, -0.15) is 11.8 Å². The standard InChI is InChI=1S/C11H18N2O3S/c1-17-8-7-10(15)13(11(8)16)6-4-2-3-5-9(12)14/h8H,2-7H2,1H3,(H2,12,14). The van der Waals surface area contributed by atoms with Gasteiger partial charge in [0.15, 0.2) is 0 Å². The Labute approximate surface area is 105 Å². The minimum atomic E-state index is -0.305. The molecule has 1 saturated heterocycles. The second-order valence-electron chi connectivity index (χ2n) is 4.09. The molecular weight excluding hydrogens is 240 g/mol. The van der Waals surface area contributed by atoms with Crippen LogP contribution in [0.1, 0.15) is 32.1 Å². The first-order chi connectivity index (χ1) is 8.06.